The van der Waals surface area contributed by atoms with Crippen LogP contribution in [0.5, 0.6) is 0 Å². The van der Waals surface area contributed by atoms with E-state index in [1.165, 1.54) is 0 Å². The molecule has 2 fully saturated rings. The Kier molecular flexibility index (Phi) is 5.65. The van der Waals surface area contributed by atoms with Gasteiger partial charge in [-0.05, 0) is 52.4 Å². The fourth-order valence-corrected chi connectivity index (χ4v) is 3.30. The van der Waals surface area contributed by atoms with Crippen LogP contribution in [-0.2, 0) is 14.3 Å². The molecule has 2 aliphatic rings. The van der Waals surface area contributed by atoms with Crippen molar-refractivity contribution in [1.29, 1.82) is 0 Å². The predicted molar refractivity (Wildman–Crippen MR) is 85.9 cm³/mol. The van der Waals surface area contributed by atoms with E-state index in [0.29, 0.717) is 38.4 Å². The van der Waals surface area contributed by atoms with Crippen molar-refractivity contribution in [3.05, 3.63) is 0 Å². The first-order valence-electron chi connectivity index (χ1n) is 8.54. The molecule has 0 aromatic carbocycles. The topological polar surface area (TPSA) is 66.9 Å². The lowest BCUT2D eigenvalue weighted by atomic mass is 9.94. The average Bonchev–Trinajstić information content (AvgIpc) is 2.95. The van der Waals surface area contributed by atoms with E-state index in [4.69, 9.17) is 4.74 Å². The van der Waals surface area contributed by atoms with E-state index >= 15 is 0 Å². The van der Waals surface area contributed by atoms with Crippen molar-refractivity contribution in [3.8, 4) is 0 Å². The van der Waals surface area contributed by atoms with E-state index in [0.717, 1.165) is 25.5 Å². The van der Waals surface area contributed by atoms with Crippen molar-refractivity contribution in [2.75, 3.05) is 19.6 Å². The summed E-state index contributed by atoms with van der Waals surface area (Å²) in [6.45, 7) is 7.42. The van der Waals surface area contributed by atoms with E-state index in [1.807, 2.05) is 25.7 Å². The highest BCUT2D eigenvalue weighted by Gasteiger charge is 2.39. The minimum atomic E-state index is -0.555. The number of likely N-dealkylation sites (tertiary alicyclic amines) is 2. The van der Waals surface area contributed by atoms with Crippen LogP contribution in [0.4, 0.5) is 4.79 Å². The molecule has 6 heteroatoms. The number of nitrogens with zero attached hydrogens (tertiary/aromatic N) is 2. The zero-order valence-electron chi connectivity index (χ0n) is 14.4. The third-order valence-corrected chi connectivity index (χ3v) is 4.52. The summed E-state index contributed by atoms with van der Waals surface area (Å²) in [6, 6.07) is -0.396. The maximum atomic E-state index is 12.8. The molecule has 0 aromatic rings. The van der Waals surface area contributed by atoms with Gasteiger partial charge in [0.25, 0.3) is 0 Å². The molecule has 2 amide bonds. The van der Waals surface area contributed by atoms with Gasteiger partial charge in [-0.2, -0.15) is 0 Å². The second kappa shape index (κ2) is 7.32. The zero-order valence-corrected chi connectivity index (χ0v) is 14.4. The fraction of sp³-hybridized carbons (Fsp3) is 0.824. The summed E-state index contributed by atoms with van der Waals surface area (Å²) < 4.78 is 5.42. The summed E-state index contributed by atoms with van der Waals surface area (Å²) >= 11 is 0. The largest absolute Gasteiger partial charge is 0.444 e. The number of ether oxygens (including phenoxy) is 1. The van der Waals surface area contributed by atoms with Gasteiger partial charge in [0.2, 0.25) is 5.91 Å². The number of hydrogen-bond acceptors (Lipinski definition) is 4. The van der Waals surface area contributed by atoms with Crippen molar-refractivity contribution < 1.29 is 19.1 Å². The van der Waals surface area contributed by atoms with Gasteiger partial charge in [-0.3, -0.25) is 9.69 Å². The lowest BCUT2D eigenvalue weighted by Gasteiger charge is -2.35. The van der Waals surface area contributed by atoms with Crippen molar-refractivity contribution >= 4 is 18.3 Å². The molecule has 0 radical (unpaired) electrons. The molecule has 6 nitrogen and oxygen atoms in total. The van der Waals surface area contributed by atoms with Crippen LogP contribution in [0.25, 0.3) is 0 Å². The van der Waals surface area contributed by atoms with Crippen molar-refractivity contribution in [2.45, 2.75) is 64.5 Å². The van der Waals surface area contributed by atoms with Crippen molar-refractivity contribution in [1.82, 2.24) is 9.80 Å². The highest BCUT2D eigenvalue weighted by molar-refractivity contribution is 5.86. The SMILES string of the molecule is CC(C)(C)OC(=O)N1CCC[C@H]1C(=O)N1CCC(CC=O)CC1. The maximum absolute atomic E-state index is 12.8. The number of carbonyl (C=O) groups is 3. The van der Waals surface area contributed by atoms with E-state index in [-0.39, 0.29) is 5.91 Å². The summed E-state index contributed by atoms with van der Waals surface area (Å²) in [4.78, 5) is 39.0. The van der Waals surface area contributed by atoms with Gasteiger partial charge in [-0.15, -0.1) is 0 Å². The van der Waals surface area contributed by atoms with Gasteiger partial charge in [0.15, 0.2) is 0 Å². The molecule has 2 rings (SSSR count). The van der Waals surface area contributed by atoms with E-state index in [9.17, 15) is 14.4 Å². The molecule has 0 N–H and O–H groups in total. The summed E-state index contributed by atoms with van der Waals surface area (Å²) in [5, 5.41) is 0. The number of hydrogen-bond donors (Lipinski definition) is 0. The van der Waals surface area contributed by atoms with Crippen LogP contribution in [0.1, 0.15) is 52.9 Å². The monoisotopic (exact) mass is 324 g/mol. The molecule has 1 atom stereocenters. The Hall–Kier alpha value is -1.59. The molecule has 0 bridgehead atoms. The maximum Gasteiger partial charge on any atom is 0.410 e. The van der Waals surface area contributed by atoms with E-state index in [2.05, 4.69) is 0 Å². The van der Waals surface area contributed by atoms with Gasteiger partial charge in [-0.1, -0.05) is 0 Å². The molecule has 0 unspecified atom stereocenters. The van der Waals surface area contributed by atoms with Crippen LogP contribution in [-0.4, -0.2) is 59.4 Å². The smallest absolute Gasteiger partial charge is 0.410 e. The number of amides is 2. The molecule has 130 valence electrons. The standard InChI is InChI=1S/C17H28N2O4/c1-17(2,3)23-16(22)19-9-4-5-14(19)15(21)18-10-6-13(7-11-18)8-12-20/h12-14H,4-11H2,1-3H3/t14-/m0/s1. The molecular weight excluding hydrogens is 296 g/mol. The van der Waals surface area contributed by atoms with Crippen LogP contribution in [0.3, 0.4) is 0 Å². The molecule has 23 heavy (non-hydrogen) atoms. The number of rotatable bonds is 3. The van der Waals surface area contributed by atoms with Gasteiger partial charge < -0.3 is 14.4 Å². The van der Waals surface area contributed by atoms with Crippen molar-refractivity contribution in [2.24, 2.45) is 5.92 Å². The van der Waals surface area contributed by atoms with Gasteiger partial charge in [0.05, 0.1) is 0 Å². The second-order valence-corrected chi connectivity index (χ2v) is 7.50. The molecular formula is C17H28N2O4. The molecule has 2 saturated heterocycles. The Balaban J connectivity index is 1.93. The normalized spacial score (nSPS) is 23.0. The van der Waals surface area contributed by atoms with E-state index < -0.39 is 17.7 Å². The first-order valence-corrected chi connectivity index (χ1v) is 8.54. The molecule has 0 spiro atoms. The molecule has 2 heterocycles. The Morgan fingerprint density at radius 3 is 2.35 bits per heavy atom. The Bertz CT molecular complexity index is 450. The van der Waals surface area contributed by atoms with Gasteiger partial charge in [0, 0.05) is 26.1 Å². The average molecular weight is 324 g/mol. The molecule has 0 aromatic heterocycles. The number of piperidine rings is 1. The van der Waals surface area contributed by atoms with Gasteiger partial charge >= 0.3 is 6.09 Å². The molecule has 0 saturated carbocycles. The highest BCUT2D eigenvalue weighted by Crippen LogP contribution is 2.25. The third-order valence-electron chi connectivity index (χ3n) is 4.52. The Morgan fingerprint density at radius 2 is 1.78 bits per heavy atom. The minimum Gasteiger partial charge on any atom is -0.444 e. The molecule has 2 aliphatic heterocycles. The van der Waals surface area contributed by atoms with Crippen LogP contribution in [0.2, 0.25) is 0 Å². The summed E-state index contributed by atoms with van der Waals surface area (Å²) in [6.07, 6.45) is 4.40. The zero-order chi connectivity index (χ0) is 17.0. The predicted octanol–water partition coefficient (Wildman–Crippen LogP) is 2.21. The highest BCUT2D eigenvalue weighted by atomic mass is 16.6. The quantitative estimate of drug-likeness (QED) is 0.747. The fourth-order valence-electron chi connectivity index (χ4n) is 3.30. The Labute approximate surface area is 138 Å². The first kappa shape index (κ1) is 17.8. The first-order chi connectivity index (χ1) is 10.8. The van der Waals surface area contributed by atoms with Crippen LogP contribution < -0.4 is 0 Å². The number of carbonyl (C=O) groups excluding carboxylic acids is 3. The van der Waals surface area contributed by atoms with E-state index in [1.54, 1.807) is 4.90 Å². The summed E-state index contributed by atoms with van der Waals surface area (Å²) in [5.74, 6) is 0.417. The minimum absolute atomic E-state index is 0.0258. The van der Waals surface area contributed by atoms with Crippen LogP contribution >= 0.6 is 0 Å². The lowest BCUT2D eigenvalue weighted by molar-refractivity contribution is -0.137. The molecule has 0 aliphatic carbocycles. The van der Waals surface area contributed by atoms with Gasteiger partial charge in [0.1, 0.15) is 17.9 Å². The Morgan fingerprint density at radius 1 is 1.13 bits per heavy atom. The van der Waals surface area contributed by atoms with Gasteiger partial charge in [-0.25, -0.2) is 4.79 Å². The van der Waals surface area contributed by atoms with Crippen LogP contribution in [0.15, 0.2) is 0 Å². The van der Waals surface area contributed by atoms with Crippen molar-refractivity contribution in [3.63, 3.8) is 0 Å². The summed E-state index contributed by atoms with van der Waals surface area (Å²) in [7, 11) is 0. The summed E-state index contributed by atoms with van der Waals surface area (Å²) in [5.41, 5.74) is -0.555. The third kappa shape index (κ3) is 4.69. The lowest BCUT2D eigenvalue weighted by Crippen LogP contribution is -2.50. The second-order valence-electron chi connectivity index (χ2n) is 7.50. The van der Waals surface area contributed by atoms with Crippen LogP contribution in [0, 0.1) is 5.92 Å². The number of aldehydes is 1.